The van der Waals surface area contributed by atoms with Gasteiger partial charge in [0.05, 0.1) is 17.4 Å². The number of rotatable bonds is 3. The topological polar surface area (TPSA) is 71.1 Å². The number of methoxy groups -OCH3 is 1. The normalized spacial score (nSPS) is 23.3. The molecule has 4 heteroatoms. The number of hydrogen-bond acceptors (Lipinski definition) is 4. The molecule has 0 amide bonds. The molecule has 0 saturated heterocycles. The third-order valence-corrected chi connectivity index (χ3v) is 3.26. The molecule has 1 fully saturated rings. The van der Waals surface area contributed by atoms with Crippen LogP contribution in [0, 0.1) is 11.3 Å². The summed E-state index contributed by atoms with van der Waals surface area (Å²) in [4.78, 5) is 0. The summed E-state index contributed by atoms with van der Waals surface area (Å²) in [6.45, 7) is 0. The van der Waals surface area contributed by atoms with E-state index in [1.807, 2.05) is 12.1 Å². The van der Waals surface area contributed by atoms with E-state index in [0.717, 1.165) is 24.9 Å². The Balaban J connectivity index is 2.00. The van der Waals surface area contributed by atoms with Crippen molar-refractivity contribution in [2.75, 3.05) is 18.2 Å². The smallest absolute Gasteiger partial charge is 0.101 e. The number of nitrogen functional groups attached to an aromatic ring is 1. The van der Waals surface area contributed by atoms with Crippen molar-refractivity contribution in [3.63, 3.8) is 0 Å². The zero-order valence-corrected chi connectivity index (χ0v) is 9.94. The van der Waals surface area contributed by atoms with Crippen molar-refractivity contribution in [3.05, 3.63) is 23.8 Å². The van der Waals surface area contributed by atoms with Crippen LogP contribution in [0.1, 0.15) is 24.8 Å². The number of nitrogens with zero attached hydrogens (tertiary/aromatic N) is 1. The second kappa shape index (κ2) is 5.07. The van der Waals surface area contributed by atoms with Crippen molar-refractivity contribution >= 4 is 11.4 Å². The lowest BCUT2D eigenvalue weighted by Crippen LogP contribution is -2.17. The maximum absolute atomic E-state index is 8.79. The van der Waals surface area contributed by atoms with Crippen LogP contribution in [0.2, 0.25) is 0 Å². The van der Waals surface area contributed by atoms with Crippen LogP contribution in [-0.2, 0) is 4.74 Å². The van der Waals surface area contributed by atoms with Gasteiger partial charge in [-0.25, -0.2) is 0 Å². The summed E-state index contributed by atoms with van der Waals surface area (Å²) in [6, 6.07) is 7.96. The Hall–Kier alpha value is -1.73. The molecule has 0 bridgehead atoms. The van der Waals surface area contributed by atoms with Crippen molar-refractivity contribution in [2.24, 2.45) is 0 Å². The molecule has 0 heterocycles. The number of nitriles is 1. The van der Waals surface area contributed by atoms with Gasteiger partial charge in [0, 0.05) is 18.8 Å². The van der Waals surface area contributed by atoms with E-state index < -0.39 is 0 Å². The average Bonchev–Trinajstić information content (AvgIpc) is 2.77. The first-order valence-electron chi connectivity index (χ1n) is 5.82. The van der Waals surface area contributed by atoms with Gasteiger partial charge in [-0.05, 0) is 37.5 Å². The van der Waals surface area contributed by atoms with Gasteiger partial charge in [0.2, 0.25) is 0 Å². The molecule has 0 spiro atoms. The second-order valence-corrected chi connectivity index (χ2v) is 4.43. The fourth-order valence-electron chi connectivity index (χ4n) is 2.28. The van der Waals surface area contributed by atoms with Crippen molar-refractivity contribution in [1.29, 1.82) is 5.26 Å². The van der Waals surface area contributed by atoms with Crippen molar-refractivity contribution in [3.8, 4) is 6.07 Å². The molecule has 3 N–H and O–H groups in total. The number of anilines is 2. The Morgan fingerprint density at radius 1 is 1.47 bits per heavy atom. The van der Waals surface area contributed by atoms with Gasteiger partial charge >= 0.3 is 0 Å². The zero-order valence-electron chi connectivity index (χ0n) is 9.94. The monoisotopic (exact) mass is 231 g/mol. The predicted molar refractivity (Wildman–Crippen MR) is 67.6 cm³/mol. The largest absolute Gasteiger partial charge is 0.398 e. The van der Waals surface area contributed by atoms with Gasteiger partial charge in [-0.15, -0.1) is 0 Å². The molecule has 1 aliphatic rings. The highest BCUT2D eigenvalue weighted by Crippen LogP contribution is 2.26. The fourth-order valence-corrected chi connectivity index (χ4v) is 2.28. The fraction of sp³-hybridized carbons (Fsp3) is 0.462. The summed E-state index contributed by atoms with van der Waals surface area (Å²) in [6.07, 6.45) is 3.60. The summed E-state index contributed by atoms with van der Waals surface area (Å²) in [5.41, 5.74) is 7.80. The SMILES string of the molecule is COC1CCC(Nc2ccc(C#N)c(N)c2)C1. The van der Waals surface area contributed by atoms with Crippen LogP contribution in [0.4, 0.5) is 11.4 Å². The number of nitrogens with one attached hydrogen (secondary N) is 1. The first kappa shape index (κ1) is 11.7. The van der Waals surface area contributed by atoms with Gasteiger partial charge in [0.1, 0.15) is 6.07 Å². The molecule has 4 nitrogen and oxygen atoms in total. The molecule has 0 aliphatic heterocycles. The maximum Gasteiger partial charge on any atom is 0.101 e. The molecule has 1 aliphatic carbocycles. The number of benzene rings is 1. The highest BCUT2D eigenvalue weighted by molar-refractivity contribution is 5.62. The molecule has 2 unspecified atom stereocenters. The molecule has 17 heavy (non-hydrogen) atoms. The molecule has 2 atom stereocenters. The lowest BCUT2D eigenvalue weighted by molar-refractivity contribution is 0.108. The van der Waals surface area contributed by atoms with Gasteiger partial charge in [0.25, 0.3) is 0 Å². The molecule has 90 valence electrons. The Labute approximate surface area is 101 Å². The standard InChI is InChI=1S/C13H17N3O/c1-17-12-5-4-10(6-12)16-11-3-2-9(8-14)13(15)7-11/h2-3,7,10,12,16H,4-6,15H2,1H3. The van der Waals surface area contributed by atoms with Crippen LogP contribution in [0.15, 0.2) is 18.2 Å². The van der Waals surface area contributed by atoms with E-state index in [2.05, 4.69) is 11.4 Å². The summed E-state index contributed by atoms with van der Waals surface area (Å²) in [5.74, 6) is 0. The minimum absolute atomic E-state index is 0.364. The van der Waals surface area contributed by atoms with E-state index in [1.165, 1.54) is 0 Å². The lowest BCUT2D eigenvalue weighted by Gasteiger charge is -2.15. The minimum atomic E-state index is 0.364. The second-order valence-electron chi connectivity index (χ2n) is 4.43. The average molecular weight is 231 g/mol. The first-order valence-corrected chi connectivity index (χ1v) is 5.82. The van der Waals surface area contributed by atoms with Crippen molar-refractivity contribution in [1.82, 2.24) is 0 Å². The Kier molecular flexibility index (Phi) is 3.50. The highest BCUT2D eigenvalue weighted by Gasteiger charge is 2.24. The Morgan fingerprint density at radius 2 is 2.29 bits per heavy atom. The van der Waals surface area contributed by atoms with Crippen LogP contribution < -0.4 is 11.1 Å². The first-order chi connectivity index (χ1) is 8.22. The molecule has 0 radical (unpaired) electrons. The Morgan fingerprint density at radius 3 is 2.88 bits per heavy atom. The van der Waals surface area contributed by atoms with Crippen LogP contribution in [0.5, 0.6) is 0 Å². The zero-order chi connectivity index (χ0) is 12.3. The molecule has 1 aromatic carbocycles. The van der Waals surface area contributed by atoms with Crippen LogP contribution in [0.25, 0.3) is 0 Å². The van der Waals surface area contributed by atoms with E-state index in [1.54, 1.807) is 13.2 Å². The van der Waals surface area contributed by atoms with Gasteiger partial charge in [0.15, 0.2) is 0 Å². The van der Waals surface area contributed by atoms with E-state index in [0.29, 0.717) is 23.4 Å². The molecule has 2 rings (SSSR count). The number of ether oxygens (including phenoxy) is 1. The molecule has 1 saturated carbocycles. The highest BCUT2D eigenvalue weighted by atomic mass is 16.5. The molecule has 1 aromatic rings. The molecule has 0 aromatic heterocycles. The summed E-state index contributed by atoms with van der Waals surface area (Å²) >= 11 is 0. The number of hydrogen-bond donors (Lipinski definition) is 2. The quantitative estimate of drug-likeness (QED) is 0.782. The van der Waals surface area contributed by atoms with Crippen LogP contribution >= 0.6 is 0 Å². The summed E-state index contributed by atoms with van der Waals surface area (Å²) in [5, 5.41) is 12.2. The van der Waals surface area contributed by atoms with Gasteiger partial charge in [-0.3, -0.25) is 0 Å². The van der Waals surface area contributed by atoms with Crippen LogP contribution in [0.3, 0.4) is 0 Å². The van der Waals surface area contributed by atoms with Gasteiger partial charge < -0.3 is 15.8 Å². The van der Waals surface area contributed by atoms with E-state index in [-0.39, 0.29) is 0 Å². The lowest BCUT2D eigenvalue weighted by atomic mass is 10.1. The van der Waals surface area contributed by atoms with E-state index >= 15 is 0 Å². The predicted octanol–water partition coefficient (Wildman–Crippen LogP) is 2.12. The van der Waals surface area contributed by atoms with Gasteiger partial charge in [-0.1, -0.05) is 0 Å². The number of nitrogens with two attached hydrogens (primary N) is 1. The van der Waals surface area contributed by atoms with Gasteiger partial charge in [-0.2, -0.15) is 5.26 Å². The van der Waals surface area contributed by atoms with Crippen LogP contribution in [-0.4, -0.2) is 19.3 Å². The summed E-state index contributed by atoms with van der Waals surface area (Å²) in [7, 11) is 1.76. The molecular weight excluding hydrogens is 214 g/mol. The Bertz CT molecular complexity index is 439. The van der Waals surface area contributed by atoms with Crippen molar-refractivity contribution in [2.45, 2.75) is 31.4 Å². The van der Waals surface area contributed by atoms with E-state index in [9.17, 15) is 0 Å². The molecular formula is C13H17N3O. The van der Waals surface area contributed by atoms with E-state index in [4.69, 9.17) is 15.7 Å². The summed E-state index contributed by atoms with van der Waals surface area (Å²) < 4.78 is 5.33. The maximum atomic E-state index is 8.79. The third-order valence-electron chi connectivity index (χ3n) is 3.26. The third kappa shape index (κ3) is 2.69. The minimum Gasteiger partial charge on any atom is -0.398 e. The van der Waals surface area contributed by atoms with Crippen molar-refractivity contribution < 1.29 is 4.74 Å².